The van der Waals surface area contributed by atoms with Gasteiger partial charge in [0.15, 0.2) is 0 Å². The molecule has 5 rings (SSSR count). The van der Waals surface area contributed by atoms with Gasteiger partial charge in [0.25, 0.3) is 0 Å². The zero-order valence-electron chi connectivity index (χ0n) is 14.6. The summed E-state index contributed by atoms with van der Waals surface area (Å²) in [4.78, 5) is 12.5. The van der Waals surface area contributed by atoms with E-state index in [1.165, 1.54) is 0 Å². The Hall–Kier alpha value is -2.46. The van der Waals surface area contributed by atoms with Crippen molar-refractivity contribution in [2.24, 2.45) is 5.92 Å². The predicted molar refractivity (Wildman–Crippen MR) is 92.2 cm³/mol. The van der Waals surface area contributed by atoms with Gasteiger partial charge in [0, 0.05) is 11.8 Å². The maximum absolute atomic E-state index is 13.8. The first-order chi connectivity index (χ1) is 13.5. The van der Waals surface area contributed by atoms with E-state index in [1.54, 1.807) is 36.4 Å². The normalized spacial score (nSPS) is 23.3. The molecule has 5 nitrogen and oxygen atoms in total. The van der Waals surface area contributed by atoms with Crippen LogP contribution in [0.4, 0.5) is 17.6 Å². The number of halogens is 4. The molecule has 0 saturated carbocycles. The van der Waals surface area contributed by atoms with Crippen LogP contribution in [0.5, 0.6) is 0 Å². The molecule has 0 aliphatic heterocycles. The monoisotopic (exact) mass is 430 g/mol. The van der Waals surface area contributed by atoms with Gasteiger partial charge in [-0.1, -0.05) is 48.5 Å². The summed E-state index contributed by atoms with van der Waals surface area (Å²) in [5.41, 5.74) is 3.23. The van der Waals surface area contributed by atoms with Crippen molar-refractivity contribution in [3.63, 3.8) is 0 Å². The summed E-state index contributed by atoms with van der Waals surface area (Å²) >= 11 is 0. The Morgan fingerprint density at radius 3 is 1.83 bits per heavy atom. The zero-order chi connectivity index (χ0) is 21.2. The second-order valence-electron chi connectivity index (χ2n) is 7.06. The number of alkyl halides is 4. The van der Waals surface area contributed by atoms with Crippen LogP contribution in [-0.2, 0) is 19.6 Å². The van der Waals surface area contributed by atoms with Crippen LogP contribution in [-0.4, -0.2) is 30.3 Å². The van der Waals surface area contributed by atoms with Gasteiger partial charge in [0.05, 0.1) is 5.92 Å². The largest absolute Gasteiger partial charge is 0.485 e. The molecule has 2 aromatic rings. The van der Waals surface area contributed by atoms with E-state index in [0.717, 1.165) is 11.1 Å². The van der Waals surface area contributed by atoms with Gasteiger partial charge in [-0.25, -0.2) is 0 Å². The van der Waals surface area contributed by atoms with Gasteiger partial charge in [0.2, 0.25) is 0 Å². The summed E-state index contributed by atoms with van der Waals surface area (Å²) in [5, 5.41) is -5.97. The smallest absolute Gasteiger partial charge is 0.395 e. The zero-order valence-corrected chi connectivity index (χ0v) is 15.4. The van der Waals surface area contributed by atoms with Crippen molar-refractivity contribution in [2.45, 2.75) is 29.6 Å². The van der Waals surface area contributed by atoms with Crippen LogP contribution >= 0.6 is 0 Å². The third-order valence-electron chi connectivity index (χ3n) is 5.50. The molecule has 3 aliphatic carbocycles. The first-order valence-electron chi connectivity index (χ1n) is 8.59. The molecule has 10 heteroatoms. The molecule has 29 heavy (non-hydrogen) atoms. The highest BCUT2D eigenvalue weighted by molar-refractivity contribution is 7.86. The third-order valence-corrected chi connectivity index (χ3v) is 6.38. The van der Waals surface area contributed by atoms with Crippen molar-refractivity contribution in [1.29, 1.82) is 0 Å². The van der Waals surface area contributed by atoms with Crippen molar-refractivity contribution >= 4 is 16.1 Å². The lowest BCUT2D eigenvalue weighted by molar-refractivity contribution is -0.304. The van der Waals surface area contributed by atoms with Gasteiger partial charge in [0.1, 0.15) is 0 Å². The number of benzene rings is 2. The van der Waals surface area contributed by atoms with Gasteiger partial charge < -0.3 is 4.74 Å². The lowest BCUT2D eigenvalue weighted by Gasteiger charge is -2.44. The van der Waals surface area contributed by atoms with Crippen LogP contribution in [0.2, 0.25) is 0 Å². The van der Waals surface area contributed by atoms with E-state index in [-0.39, 0.29) is 12.3 Å². The number of esters is 1. The molecule has 1 unspecified atom stereocenters. The molecule has 0 radical (unpaired) electrons. The second-order valence-corrected chi connectivity index (χ2v) is 8.52. The van der Waals surface area contributed by atoms with E-state index in [0.29, 0.717) is 11.1 Å². The van der Waals surface area contributed by atoms with E-state index in [2.05, 4.69) is 4.74 Å². The Morgan fingerprint density at radius 1 is 0.931 bits per heavy atom. The van der Waals surface area contributed by atoms with Crippen molar-refractivity contribution in [3.05, 3.63) is 70.8 Å². The predicted octanol–water partition coefficient (Wildman–Crippen LogP) is 3.90. The third kappa shape index (κ3) is 2.84. The van der Waals surface area contributed by atoms with Crippen LogP contribution in [0.1, 0.15) is 40.5 Å². The molecule has 0 saturated heterocycles. The maximum Gasteiger partial charge on any atom is 0.485 e. The fourth-order valence-electron chi connectivity index (χ4n) is 4.28. The Balaban J connectivity index is 1.72. The second kappa shape index (κ2) is 6.27. The Labute approximate surface area is 163 Å². The van der Waals surface area contributed by atoms with E-state index in [9.17, 15) is 30.8 Å². The minimum atomic E-state index is -6.50. The van der Waals surface area contributed by atoms with Crippen LogP contribution in [0.3, 0.4) is 0 Å². The van der Waals surface area contributed by atoms with Gasteiger partial charge in [-0.3, -0.25) is 9.35 Å². The molecular formula is C19H14F4O5S. The summed E-state index contributed by atoms with van der Waals surface area (Å²) in [6, 6.07) is 14.2. The SMILES string of the molecule is O=C(OC(F)(F)C(F)(F)S(=O)(=O)O)C1CC2c3ccccc3C1c1ccccc12. The highest BCUT2D eigenvalue weighted by Gasteiger charge is 2.70. The van der Waals surface area contributed by atoms with E-state index in [4.69, 9.17) is 4.55 Å². The first kappa shape index (κ1) is 19.8. The summed E-state index contributed by atoms with van der Waals surface area (Å²) in [7, 11) is -6.50. The Kier molecular flexibility index (Phi) is 4.29. The van der Waals surface area contributed by atoms with Crippen LogP contribution in [0.15, 0.2) is 48.5 Å². The van der Waals surface area contributed by atoms with Gasteiger partial charge >= 0.3 is 27.5 Å². The highest BCUT2D eigenvalue weighted by atomic mass is 32.2. The molecule has 0 aromatic heterocycles. The molecule has 154 valence electrons. The number of hydrogen-bond acceptors (Lipinski definition) is 4. The average Bonchev–Trinajstić information content (AvgIpc) is 2.66. The summed E-state index contributed by atoms with van der Waals surface area (Å²) < 4.78 is 87.9. The lowest BCUT2D eigenvalue weighted by Crippen LogP contribution is -2.51. The molecule has 2 aromatic carbocycles. The van der Waals surface area contributed by atoms with Crippen molar-refractivity contribution in [2.75, 3.05) is 0 Å². The first-order valence-corrected chi connectivity index (χ1v) is 10.0. The fraction of sp³-hybridized carbons (Fsp3) is 0.316. The topological polar surface area (TPSA) is 80.7 Å². The highest BCUT2D eigenvalue weighted by Crippen LogP contribution is 2.56. The number of ether oxygens (including phenoxy) is 1. The lowest BCUT2D eigenvalue weighted by atomic mass is 9.59. The molecule has 3 aliphatic rings. The van der Waals surface area contributed by atoms with E-state index < -0.39 is 39.3 Å². The molecule has 0 heterocycles. The minimum Gasteiger partial charge on any atom is -0.395 e. The van der Waals surface area contributed by atoms with Crippen LogP contribution in [0, 0.1) is 5.92 Å². The quantitative estimate of drug-likeness (QED) is 0.452. The summed E-state index contributed by atoms with van der Waals surface area (Å²) in [6.45, 7) is 0. The van der Waals surface area contributed by atoms with Crippen LogP contribution in [0.25, 0.3) is 0 Å². The maximum atomic E-state index is 13.8. The summed E-state index contributed by atoms with van der Waals surface area (Å²) in [6.07, 6.45) is -5.68. The molecule has 0 spiro atoms. The minimum absolute atomic E-state index is 0.0467. The van der Waals surface area contributed by atoms with E-state index in [1.807, 2.05) is 12.1 Å². The molecule has 1 atom stereocenters. The number of rotatable bonds is 4. The van der Waals surface area contributed by atoms with Gasteiger partial charge in [-0.15, -0.1) is 0 Å². The Bertz CT molecular complexity index is 1050. The average molecular weight is 430 g/mol. The molecule has 0 fully saturated rings. The Morgan fingerprint density at radius 2 is 1.38 bits per heavy atom. The fourth-order valence-corrected chi connectivity index (χ4v) is 4.62. The van der Waals surface area contributed by atoms with Crippen molar-refractivity contribution < 1.29 is 40.1 Å². The van der Waals surface area contributed by atoms with Crippen LogP contribution < -0.4 is 0 Å². The van der Waals surface area contributed by atoms with Crippen molar-refractivity contribution in [1.82, 2.24) is 0 Å². The van der Waals surface area contributed by atoms with Crippen molar-refractivity contribution in [3.8, 4) is 0 Å². The molecular weight excluding hydrogens is 416 g/mol. The standard InChI is InChI=1S/C19H14F4O5S/c20-18(21,19(22,23)29(25,26)27)28-17(24)15-9-14-10-5-1-3-7-12(10)16(15)13-8-4-2-6-11(13)14/h1-8,14-16H,9H2,(H,25,26,27). The summed E-state index contributed by atoms with van der Waals surface area (Å²) in [5.74, 6) is -3.89. The number of carbonyl (C=O) groups is 1. The van der Waals surface area contributed by atoms with E-state index >= 15 is 0 Å². The molecule has 0 amide bonds. The number of fused-ring (bicyclic) bond motifs is 1. The van der Waals surface area contributed by atoms with Gasteiger partial charge in [-0.05, 0) is 28.7 Å². The molecule has 1 N–H and O–H groups in total. The number of carbonyl (C=O) groups excluding carboxylic acids is 1. The number of hydrogen-bond donors (Lipinski definition) is 1. The van der Waals surface area contributed by atoms with Gasteiger partial charge in [-0.2, -0.15) is 26.0 Å². The molecule has 2 bridgehead atoms.